The lowest BCUT2D eigenvalue weighted by molar-refractivity contribution is -0.347. The minimum Gasteiger partial charge on any atom is -0.790 e. The number of aliphatic hydroxyl groups is 3. The summed E-state index contributed by atoms with van der Waals surface area (Å²) in [6, 6.07) is 0. The van der Waals surface area contributed by atoms with E-state index in [0.29, 0.717) is 25.0 Å². The molecule has 394 valence electrons. The number of phosphoric acid groups is 3. The van der Waals surface area contributed by atoms with Crippen LogP contribution in [0.15, 0.2) is 61.3 Å². The van der Waals surface area contributed by atoms with E-state index in [-0.39, 0.29) is 41.6 Å². The van der Waals surface area contributed by atoms with Crippen LogP contribution in [0.5, 0.6) is 0 Å². The number of nitrogen functional groups attached to an aromatic ring is 1. The fourth-order valence-corrected chi connectivity index (χ4v) is 9.75. The summed E-state index contributed by atoms with van der Waals surface area (Å²) in [5, 5.41) is 36.3. The number of amides is 2. The van der Waals surface area contributed by atoms with E-state index in [0.717, 1.165) is 48.2 Å². The normalized spacial score (nSPS) is 20.7. The summed E-state index contributed by atoms with van der Waals surface area (Å²) < 4.78 is 60.8. The second-order valence-corrected chi connectivity index (χ2v) is 21.6. The molecular weight excluding hydrogens is 1000 g/mol. The van der Waals surface area contributed by atoms with Crippen LogP contribution in [0.2, 0.25) is 0 Å². The number of nitrogens with one attached hydrogen (secondary N) is 2. The van der Waals surface area contributed by atoms with Gasteiger partial charge in [-0.1, -0.05) is 94.0 Å². The van der Waals surface area contributed by atoms with Crippen LogP contribution < -0.4 is 35.9 Å². The van der Waals surface area contributed by atoms with Crippen molar-refractivity contribution < 1.29 is 85.6 Å². The van der Waals surface area contributed by atoms with E-state index in [2.05, 4.69) is 56.5 Å². The van der Waals surface area contributed by atoms with Crippen LogP contribution in [0.4, 0.5) is 5.82 Å². The molecule has 3 rings (SSSR count). The number of allylic oxidation sites excluding steroid dienone is 6. The van der Waals surface area contributed by atoms with E-state index in [1.165, 1.54) is 33.1 Å². The van der Waals surface area contributed by atoms with E-state index in [1.807, 2.05) is 36.5 Å². The van der Waals surface area contributed by atoms with Crippen LogP contribution in [0.3, 0.4) is 0 Å². The molecule has 0 aliphatic carbocycles. The number of rotatable bonds is 33. The van der Waals surface area contributed by atoms with Crippen molar-refractivity contribution in [3.8, 4) is 0 Å². The molecule has 2 aromatic rings. The second-order valence-electron chi connectivity index (χ2n) is 16.4. The highest BCUT2D eigenvalue weighted by Crippen LogP contribution is 2.56. The van der Waals surface area contributed by atoms with Crippen molar-refractivity contribution in [1.82, 2.24) is 30.2 Å². The zero-order valence-electron chi connectivity index (χ0n) is 38.9. The predicted octanol–water partition coefficient (Wildman–Crippen LogP) is 1.25. The van der Waals surface area contributed by atoms with Gasteiger partial charge in [0, 0.05) is 37.1 Å². The monoisotopic (exact) mass is 1070 g/mol. The second kappa shape index (κ2) is 29.9. The lowest BCUT2D eigenvalue weighted by Gasteiger charge is -2.36. The third-order valence-corrected chi connectivity index (χ3v) is 14.0. The van der Waals surface area contributed by atoms with Gasteiger partial charge in [-0.15, -0.1) is 0 Å². The number of hydrogen-bond acceptors (Lipinski definition) is 23. The number of ether oxygens (including phenoxy) is 1. The van der Waals surface area contributed by atoms with Crippen LogP contribution in [-0.2, 0) is 50.7 Å². The standard InChI is InChI=1S/C41H66N7O18P3S/c1-4-5-6-7-12-15-18-29(49)19-16-13-10-8-9-11-14-17-20-32(51)70-24-23-43-31(50)21-22-44-39(54)36(53)41(2,3)26-63-69(60,61)66-68(58,59)62-25-30-35(65-67(55,56)57)34(52)40(64-30)48-28-47-33-37(42)45-27-46-38(33)48/h9-13,15-16,19,27-30,34-36,40,49,52-53H,4-8,14,17-18,20-26H2,1-3H3,(H,43,50)(H,44,54)(H,58,59)(H,60,61)(H2,42,45,46)(H2,55,56,57)/p-4/b11-9-,13-10-,15-12-,19-16+/t29?,30-,34-,35-,36+,40-/m1/s1. The van der Waals surface area contributed by atoms with Gasteiger partial charge >= 0.3 is 0 Å². The summed E-state index contributed by atoms with van der Waals surface area (Å²) in [7, 11) is -17.6. The predicted molar refractivity (Wildman–Crippen MR) is 248 cm³/mol. The SMILES string of the molecule is CCCCC/C=C\CC(O)/C=C/C=C\C/C=C\CCCC(=O)SCCNC(=O)CCNC(=O)[C@H](O)C(C)(C)COP(=O)([O-])OP(=O)([O-])OC[C@H]1O[C@@H](n2cnc3c(N)ncnc32)[C@H](O)[C@@H]1OP(=O)([O-])[O-]. The fourth-order valence-electron chi connectivity index (χ4n) is 6.30. The lowest BCUT2D eigenvalue weighted by atomic mass is 9.87. The smallest absolute Gasteiger partial charge is 0.274 e. The van der Waals surface area contributed by atoms with Crippen molar-refractivity contribution in [3.63, 3.8) is 0 Å². The number of thioether (sulfide) groups is 1. The first-order chi connectivity index (χ1) is 32.9. The van der Waals surface area contributed by atoms with Gasteiger partial charge in [0.15, 0.2) is 22.8 Å². The van der Waals surface area contributed by atoms with Crippen molar-refractivity contribution in [2.45, 2.75) is 122 Å². The third kappa shape index (κ3) is 22.5. The maximum Gasteiger partial charge on any atom is 0.274 e. The molecule has 0 spiro atoms. The summed E-state index contributed by atoms with van der Waals surface area (Å²) in [6.07, 6.45) is 15.0. The largest absolute Gasteiger partial charge is 0.790 e. The first-order valence-corrected chi connectivity index (χ1v) is 27.6. The number of carbonyl (C=O) groups excluding carboxylic acids is 3. The highest BCUT2D eigenvalue weighted by atomic mass is 32.2. The number of imidazole rings is 1. The number of nitrogens with two attached hydrogens (primary N) is 1. The Labute approximate surface area is 409 Å². The number of fused-ring (bicyclic) bond motifs is 1. The first-order valence-electron chi connectivity index (χ1n) is 22.2. The number of anilines is 1. The summed E-state index contributed by atoms with van der Waals surface area (Å²) in [6.45, 7) is 2.22. The van der Waals surface area contributed by atoms with Crippen molar-refractivity contribution in [2.75, 3.05) is 37.8 Å². The van der Waals surface area contributed by atoms with Crippen molar-refractivity contribution in [3.05, 3.63) is 61.3 Å². The van der Waals surface area contributed by atoms with Gasteiger partial charge in [0.1, 0.15) is 36.3 Å². The molecule has 1 aliphatic heterocycles. The molecule has 0 aromatic carbocycles. The maximum atomic E-state index is 12.6. The molecule has 1 fully saturated rings. The maximum absolute atomic E-state index is 12.6. The number of hydrogen-bond donors (Lipinski definition) is 6. The van der Waals surface area contributed by atoms with Gasteiger partial charge < -0.3 is 74.1 Å². The molecule has 70 heavy (non-hydrogen) atoms. The van der Waals surface area contributed by atoms with E-state index in [9.17, 15) is 63.0 Å². The lowest BCUT2D eigenvalue weighted by Crippen LogP contribution is -2.46. The quantitative estimate of drug-likeness (QED) is 0.0253. The van der Waals surface area contributed by atoms with E-state index in [4.69, 9.17) is 10.5 Å². The Morgan fingerprint density at radius 1 is 0.943 bits per heavy atom. The van der Waals surface area contributed by atoms with Gasteiger partial charge in [0.25, 0.3) is 15.6 Å². The van der Waals surface area contributed by atoms with E-state index in [1.54, 1.807) is 6.08 Å². The Hall–Kier alpha value is -3.52. The fraction of sp³-hybridized carbons (Fsp3) is 0.610. The van der Waals surface area contributed by atoms with Crippen molar-refractivity contribution in [2.24, 2.45) is 5.41 Å². The molecule has 25 nitrogen and oxygen atoms in total. The topological polar surface area (TPSA) is 395 Å². The van der Waals surface area contributed by atoms with E-state index >= 15 is 0 Å². The van der Waals surface area contributed by atoms with Gasteiger partial charge in [-0.2, -0.15) is 0 Å². The Morgan fingerprint density at radius 3 is 2.39 bits per heavy atom. The van der Waals surface area contributed by atoms with Gasteiger partial charge in [0.2, 0.25) is 11.8 Å². The average Bonchev–Trinajstić information content (AvgIpc) is 3.85. The molecule has 0 saturated carbocycles. The molecule has 2 aromatic heterocycles. The minimum absolute atomic E-state index is 0.0247. The molecule has 0 radical (unpaired) electrons. The Morgan fingerprint density at radius 2 is 1.66 bits per heavy atom. The molecule has 29 heteroatoms. The molecule has 3 heterocycles. The summed E-state index contributed by atoms with van der Waals surface area (Å²) >= 11 is 1.08. The molecule has 0 bridgehead atoms. The number of aromatic nitrogens is 4. The summed E-state index contributed by atoms with van der Waals surface area (Å²) in [5.74, 6) is -1.24. The average molecular weight is 1070 g/mol. The van der Waals surface area contributed by atoms with E-state index < -0.39 is 90.7 Å². The van der Waals surface area contributed by atoms with Crippen LogP contribution in [0, 0.1) is 5.41 Å². The molecular formula is C41H62N7O18P3S-4. The number of phosphoric ester groups is 3. The van der Waals surface area contributed by atoms with Crippen molar-refractivity contribution in [1.29, 1.82) is 0 Å². The van der Waals surface area contributed by atoms with Gasteiger partial charge in [-0.3, -0.25) is 28.1 Å². The Bertz CT molecular complexity index is 2260. The summed E-state index contributed by atoms with van der Waals surface area (Å²) in [4.78, 5) is 96.8. The molecule has 1 saturated heterocycles. The Kier molecular flexibility index (Phi) is 25.9. The minimum atomic E-state index is -5.93. The van der Waals surface area contributed by atoms with Crippen LogP contribution in [0.25, 0.3) is 11.2 Å². The highest BCUT2D eigenvalue weighted by molar-refractivity contribution is 8.13. The molecule has 8 atom stereocenters. The molecule has 7 N–H and O–H groups in total. The van der Waals surface area contributed by atoms with Crippen LogP contribution >= 0.6 is 35.2 Å². The first kappa shape index (κ1) is 60.8. The van der Waals surface area contributed by atoms with Gasteiger partial charge in [-0.25, -0.2) is 19.3 Å². The zero-order valence-corrected chi connectivity index (χ0v) is 42.4. The van der Waals surface area contributed by atoms with Gasteiger partial charge in [0.05, 0.1) is 33.5 Å². The van der Waals surface area contributed by atoms with Crippen molar-refractivity contribution >= 4 is 69.1 Å². The Balaban J connectivity index is 1.31. The summed E-state index contributed by atoms with van der Waals surface area (Å²) in [5.41, 5.74) is 4.06. The zero-order chi connectivity index (χ0) is 52.0. The number of nitrogens with zero attached hydrogens (tertiary/aromatic N) is 4. The molecule has 2 amide bonds. The number of carbonyl (C=O) groups is 3. The van der Waals surface area contributed by atoms with Gasteiger partial charge in [-0.05, 0) is 38.5 Å². The third-order valence-electron chi connectivity index (χ3n) is 10.0. The molecule has 1 aliphatic rings. The van der Waals surface area contributed by atoms with Crippen LogP contribution in [0.1, 0.15) is 91.2 Å². The highest BCUT2D eigenvalue weighted by Gasteiger charge is 2.47. The number of aliphatic hydroxyl groups excluding tert-OH is 3. The number of unbranched alkanes of at least 4 members (excludes halogenated alkanes) is 4. The van der Waals surface area contributed by atoms with Crippen LogP contribution in [-0.4, -0.2) is 114 Å². The molecule has 3 unspecified atom stereocenters.